The van der Waals surface area contributed by atoms with Crippen LogP contribution in [0.2, 0.25) is 0 Å². The van der Waals surface area contributed by atoms with Crippen LogP contribution in [-0.2, 0) is 14.8 Å². The Morgan fingerprint density at radius 2 is 1.89 bits per heavy atom. The van der Waals surface area contributed by atoms with Crippen molar-refractivity contribution in [1.29, 1.82) is 0 Å². The Balaban J connectivity index is 1.74. The third-order valence-electron chi connectivity index (χ3n) is 4.72. The number of ketones is 1. The van der Waals surface area contributed by atoms with Crippen molar-refractivity contribution in [2.24, 2.45) is 0 Å². The molecule has 1 N–H and O–H groups in total. The van der Waals surface area contributed by atoms with E-state index >= 15 is 0 Å². The fourth-order valence-electron chi connectivity index (χ4n) is 3.47. The number of amides is 1. The minimum absolute atomic E-state index is 0.0436. The van der Waals surface area contributed by atoms with Gasteiger partial charge >= 0.3 is 6.09 Å². The van der Waals surface area contributed by atoms with E-state index in [1.165, 1.54) is 6.07 Å². The van der Waals surface area contributed by atoms with Crippen molar-refractivity contribution >= 4 is 27.6 Å². The standard InChI is InChI=1S/C19H26N2O6S/c1-18(2,3)27-17(23)21-9-7-19(8-10-21)12-15(22)14-6-5-13(11-16(14)26-19)20-28(4,24)25/h5-6,11,20H,7-10,12H2,1-4H3. The lowest BCUT2D eigenvalue weighted by Gasteiger charge is -2.44. The van der Waals surface area contributed by atoms with Gasteiger partial charge in [0.2, 0.25) is 10.0 Å². The van der Waals surface area contributed by atoms with Crippen molar-refractivity contribution in [3.8, 4) is 5.75 Å². The number of benzene rings is 1. The van der Waals surface area contributed by atoms with E-state index in [9.17, 15) is 18.0 Å². The van der Waals surface area contributed by atoms with Crippen LogP contribution < -0.4 is 9.46 Å². The summed E-state index contributed by atoms with van der Waals surface area (Å²) in [7, 11) is -3.43. The molecule has 0 unspecified atom stereocenters. The fourth-order valence-corrected chi connectivity index (χ4v) is 4.03. The Morgan fingerprint density at radius 1 is 1.25 bits per heavy atom. The van der Waals surface area contributed by atoms with Crippen molar-refractivity contribution < 1.29 is 27.5 Å². The highest BCUT2D eigenvalue weighted by atomic mass is 32.2. The van der Waals surface area contributed by atoms with E-state index in [0.717, 1.165) is 6.26 Å². The predicted octanol–water partition coefficient (Wildman–Crippen LogP) is 2.79. The second-order valence-corrected chi connectivity index (χ2v) is 10.2. The van der Waals surface area contributed by atoms with Gasteiger partial charge in [0.1, 0.15) is 17.0 Å². The van der Waals surface area contributed by atoms with Gasteiger partial charge in [-0.3, -0.25) is 9.52 Å². The lowest BCUT2D eigenvalue weighted by atomic mass is 9.82. The number of fused-ring (bicyclic) bond motifs is 1. The number of carbonyl (C=O) groups is 2. The summed E-state index contributed by atoms with van der Waals surface area (Å²) in [6.07, 6.45) is 1.93. The van der Waals surface area contributed by atoms with Gasteiger partial charge in [0.15, 0.2) is 5.78 Å². The zero-order chi connectivity index (χ0) is 20.7. The predicted molar refractivity (Wildman–Crippen MR) is 104 cm³/mol. The molecular weight excluding hydrogens is 384 g/mol. The molecule has 2 heterocycles. The molecular formula is C19H26N2O6S. The monoisotopic (exact) mass is 410 g/mol. The first-order valence-electron chi connectivity index (χ1n) is 9.18. The number of nitrogens with one attached hydrogen (secondary N) is 1. The second-order valence-electron chi connectivity index (χ2n) is 8.44. The van der Waals surface area contributed by atoms with Gasteiger partial charge in [-0.1, -0.05) is 0 Å². The minimum atomic E-state index is -3.43. The summed E-state index contributed by atoms with van der Waals surface area (Å²) in [6.45, 7) is 6.31. The summed E-state index contributed by atoms with van der Waals surface area (Å²) in [4.78, 5) is 26.5. The molecule has 9 heteroatoms. The van der Waals surface area contributed by atoms with Crippen molar-refractivity contribution in [3.63, 3.8) is 0 Å². The van der Waals surface area contributed by atoms with Gasteiger partial charge < -0.3 is 14.4 Å². The maximum Gasteiger partial charge on any atom is 0.410 e. The first-order valence-corrected chi connectivity index (χ1v) is 11.1. The number of sulfonamides is 1. The van der Waals surface area contributed by atoms with Gasteiger partial charge in [0.05, 0.1) is 23.9 Å². The summed E-state index contributed by atoms with van der Waals surface area (Å²) in [5.41, 5.74) is -0.464. The van der Waals surface area contributed by atoms with Gasteiger partial charge in [-0.2, -0.15) is 0 Å². The number of ether oxygens (including phenoxy) is 2. The maximum absolute atomic E-state index is 12.6. The molecule has 1 spiro atoms. The summed E-state index contributed by atoms with van der Waals surface area (Å²) < 4.78 is 36.9. The van der Waals surface area contributed by atoms with E-state index in [2.05, 4.69) is 4.72 Å². The number of rotatable bonds is 2. The lowest BCUT2D eigenvalue weighted by molar-refractivity contribution is -0.0225. The highest BCUT2D eigenvalue weighted by Gasteiger charge is 2.44. The molecule has 1 saturated heterocycles. The lowest BCUT2D eigenvalue weighted by Crippen LogP contribution is -2.52. The van der Waals surface area contributed by atoms with Crippen LogP contribution in [-0.4, -0.2) is 55.7 Å². The van der Waals surface area contributed by atoms with E-state index in [-0.39, 0.29) is 18.3 Å². The molecule has 0 atom stereocenters. The van der Waals surface area contributed by atoms with Crippen molar-refractivity contribution in [3.05, 3.63) is 23.8 Å². The van der Waals surface area contributed by atoms with Crippen LogP contribution in [0.4, 0.5) is 10.5 Å². The number of Topliss-reactive ketones (excluding diaryl/α,β-unsaturated/α-hetero) is 1. The number of piperidine rings is 1. The van der Waals surface area contributed by atoms with E-state index in [1.54, 1.807) is 17.0 Å². The van der Waals surface area contributed by atoms with Crippen molar-refractivity contribution in [2.75, 3.05) is 24.1 Å². The highest BCUT2D eigenvalue weighted by Crippen LogP contribution is 2.40. The number of hydrogen-bond donors (Lipinski definition) is 1. The first-order chi connectivity index (χ1) is 12.9. The smallest absolute Gasteiger partial charge is 0.410 e. The van der Waals surface area contributed by atoms with Gasteiger partial charge in [-0.25, -0.2) is 13.2 Å². The summed E-state index contributed by atoms with van der Waals surface area (Å²) in [5.74, 6) is 0.327. The van der Waals surface area contributed by atoms with Gasteiger partial charge in [0, 0.05) is 32.0 Å². The van der Waals surface area contributed by atoms with Gasteiger partial charge in [0.25, 0.3) is 0 Å². The molecule has 28 heavy (non-hydrogen) atoms. The summed E-state index contributed by atoms with van der Waals surface area (Å²) in [5, 5.41) is 0. The molecule has 2 aliphatic rings. The normalized spacial score (nSPS) is 19.0. The van der Waals surface area contributed by atoms with Crippen molar-refractivity contribution in [2.45, 2.75) is 51.2 Å². The number of nitrogens with zero attached hydrogens (tertiary/aromatic N) is 1. The highest BCUT2D eigenvalue weighted by molar-refractivity contribution is 7.92. The minimum Gasteiger partial charge on any atom is -0.486 e. The van der Waals surface area contributed by atoms with Crippen LogP contribution in [0.1, 0.15) is 50.4 Å². The molecule has 8 nitrogen and oxygen atoms in total. The zero-order valence-electron chi connectivity index (χ0n) is 16.6. The number of hydrogen-bond acceptors (Lipinski definition) is 6. The number of likely N-dealkylation sites (tertiary alicyclic amines) is 1. The Morgan fingerprint density at radius 3 is 2.46 bits per heavy atom. The Kier molecular flexibility index (Phi) is 5.07. The van der Waals surface area contributed by atoms with E-state index < -0.39 is 21.2 Å². The van der Waals surface area contributed by atoms with E-state index in [0.29, 0.717) is 42.9 Å². The maximum atomic E-state index is 12.6. The van der Waals surface area contributed by atoms with Crippen LogP contribution in [0.3, 0.4) is 0 Å². The summed E-state index contributed by atoms with van der Waals surface area (Å²) >= 11 is 0. The van der Waals surface area contributed by atoms with Crippen LogP contribution in [0.15, 0.2) is 18.2 Å². The largest absolute Gasteiger partial charge is 0.486 e. The molecule has 154 valence electrons. The topological polar surface area (TPSA) is 102 Å². The molecule has 0 aromatic heterocycles. The third kappa shape index (κ3) is 4.76. The van der Waals surface area contributed by atoms with E-state index in [4.69, 9.17) is 9.47 Å². The number of carbonyl (C=O) groups excluding carboxylic acids is 2. The molecule has 1 amide bonds. The SMILES string of the molecule is CC(C)(C)OC(=O)N1CCC2(CC1)CC(=O)c1ccc(NS(C)(=O)=O)cc1O2. The van der Waals surface area contributed by atoms with Crippen LogP contribution >= 0.6 is 0 Å². The molecule has 0 aliphatic carbocycles. The number of anilines is 1. The van der Waals surface area contributed by atoms with E-state index in [1.807, 2.05) is 20.8 Å². The molecule has 0 bridgehead atoms. The zero-order valence-corrected chi connectivity index (χ0v) is 17.4. The average Bonchev–Trinajstić information content (AvgIpc) is 2.51. The molecule has 1 aromatic rings. The fraction of sp³-hybridized carbons (Fsp3) is 0.579. The van der Waals surface area contributed by atoms with Crippen LogP contribution in [0.5, 0.6) is 5.75 Å². The first kappa shape index (κ1) is 20.4. The van der Waals surface area contributed by atoms with Gasteiger partial charge in [-0.15, -0.1) is 0 Å². The third-order valence-corrected chi connectivity index (χ3v) is 5.33. The Hall–Kier alpha value is -2.29. The van der Waals surface area contributed by atoms with Crippen LogP contribution in [0, 0.1) is 0 Å². The molecule has 0 radical (unpaired) electrons. The quantitative estimate of drug-likeness (QED) is 0.804. The molecule has 1 fully saturated rings. The molecule has 1 aromatic carbocycles. The molecule has 2 aliphatic heterocycles. The Labute approximate surface area is 165 Å². The van der Waals surface area contributed by atoms with Gasteiger partial charge in [-0.05, 0) is 32.9 Å². The average molecular weight is 410 g/mol. The Bertz CT molecular complexity index is 895. The summed E-state index contributed by atoms with van der Waals surface area (Å²) in [6, 6.07) is 4.66. The molecule has 0 saturated carbocycles. The second kappa shape index (κ2) is 6.95. The van der Waals surface area contributed by atoms with Crippen molar-refractivity contribution in [1.82, 2.24) is 4.90 Å². The molecule has 3 rings (SSSR count). The van der Waals surface area contributed by atoms with Crippen LogP contribution in [0.25, 0.3) is 0 Å².